The summed E-state index contributed by atoms with van der Waals surface area (Å²) in [5.41, 5.74) is 2.61. The summed E-state index contributed by atoms with van der Waals surface area (Å²) in [7, 11) is 0. The normalized spacial score (nSPS) is 18.4. The molecule has 31 heavy (non-hydrogen) atoms. The maximum Gasteiger partial charge on any atom is 0.236 e. The maximum absolute atomic E-state index is 12.8. The van der Waals surface area contributed by atoms with E-state index in [1.165, 1.54) is 11.1 Å². The number of hydrogen-bond acceptors (Lipinski definition) is 4. The first-order valence-corrected chi connectivity index (χ1v) is 11.2. The van der Waals surface area contributed by atoms with E-state index in [9.17, 15) is 9.59 Å². The Morgan fingerprint density at radius 3 is 1.68 bits per heavy atom. The third kappa shape index (κ3) is 5.32. The molecular weight excluding hydrogens is 388 g/mol. The Kier molecular flexibility index (Phi) is 6.99. The predicted molar refractivity (Wildman–Crippen MR) is 122 cm³/mol. The molecule has 2 fully saturated rings. The Balaban J connectivity index is 1.34. The number of carbonyl (C=O) groups excluding carboxylic acids is 2. The number of carbonyl (C=O) groups is 2. The molecule has 2 aliphatic heterocycles. The molecule has 2 saturated heterocycles. The van der Waals surface area contributed by atoms with Crippen LogP contribution < -0.4 is 0 Å². The molecule has 2 amide bonds. The van der Waals surface area contributed by atoms with Crippen LogP contribution in [0.1, 0.15) is 24.1 Å². The average molecular weight is 421 g/mol. The number of rotatable bonds is 5. The van der Waals surface area contributed by atoms with Crippen LogP contribution in [0, 0.1) is 0 Å². The quantitative estimate of drug-likeness (QED) is 0.743. The largest absolute Gasteiger partial charge is 0.339 e. The van der Waals surface area contributed by atoms with Crippen molar-refractivity contribution in [3.63, 3.8) is 0 Å². The number of benzene rings is 2. The average Bonchev–Trinajstić information content (AvgIpc) is 2.82. The van der Waals surface area contributed by atoms with Crippen molar-refractivity contribution in [1.82, 2.24) is 19.6 Å². The highest BCUT2D eigenvalue weighted by molar-refractivity contribution is 5.79. The van der Waals surface area contributed by atoms with Gasteiger partial charge in [-0.1, -0.05) is 60.7 Å². The van der Waals surface area contributed by atoms with Gasteiger partial charge in [0.25, 0.3) is 0 Å². The lowest BCUT2D eigenvalue weighted by Crippen LogP contribution is -2.54. The van der Waals surface area contributed by atoms with Crippen molar-refractivity contribution in [2.75, 3.05) is 58.9 Å². The minimum atomic E-state index is 0.0922. The zero-order chi connectivity index (χ0) is 21.6. The third-order valence-electron chi connectivity index (χ3n) is 6.44. The van der Waals surface area contributed by atoms with Crippen molar-refractivity contribution in [2.45, 2.75) is 13.0 Å². The molecule has 0 spiro atoms. The Bertz CT molecular complexity index is 818. The summed E-state index contributed by atoms with van der Waals surface area (Å²) in [5, 5.41) is 0. The molecule has 0 aliphatic carbocycles. The van der Waals surface area contributed by atoms with Crippen molar-refractivity contribution in [3.8, 4) is 0 Å². The summed E-state index contributed by atoms with van der Waals surface area (Å²) in [6.45, 7) is 8.26. The Labute approximate surface area is 185 Å². The number of amides is 2. The maximum atomic E-state index is 12.8. The molecule has 0 radical (unpaired) electrons. The van der Waals surface area contributed by atoms with Crippen LogP contribution in [0.3, 0.4) is 0 Å². The third-order valence-corrected chi connectivity index (χ3v) is 6.44. The van der Waals surface area contributed by atoms with Gasteiger partial charge in [-0.05, 0) is 11.1 Å². The second-order valence-corrected chi connectivity index (χ2v) is 8.42. The van der Waals surface area contributed by atoms with Crippen LogP contribution in [-0.2, 0) is 9.59 Å². The van der Waals surface area contributed by atoms with Crippen molar-refractivity contribution < 1.29 is 9.59 Å². The van der Waals surface area contributed by atoms with E-state index in [0.29, 0.717) is 32.7 Å². The van der Waals surface area contributed by atoms with Gasteiger partial charge >= 0.3 is 0 Å². The Morgan fingerprint density at radius 2 is 1.19 bits per heavy atom. The van der Waals surface area contributed by atoms with Gasteiger partial charge in [0.1, 0.15) is 0 Å². The summed E-state index contributed by atoms with van der Waals surface area (Å²) in [5.74, 6) is 0.272. The second kappa shape index (κ2) is 10.1. The number of hydrogen-bond donors (Lipinski definition) is 0. The first kappa shape index (κ1) is 21.5. The highest BCUT2D eigenvalue weighted by Gasteiger charge is 2.29. The summed E-state index contributed by atoms with van der Waals surface area (Å²) in [4.78, 5) is 32.8. The minimum Gasteiger partial charge on any atom is -0.339 e. The van der Waals surface area contributed by atoms with E-state index in [1.807, 2.05) is 9.80 Å². The van der Waals surface area contributed by atoms with Crippen molar-refractivity contribution in [1.29, 1.82) is 0 Å². The standard InChI is InChI=1S/C25H32N4O2/c1-21(30)27-16-18-28(19-17-27)24(31)20-26-12-14-29(15-13-26)25(22-8-4-2-5-9-22)23-10-6-3-7-11-23/h2-11,25H,12-20H2,1H3. The molecule has 0 bridgehead atoms. The monoisotopic (exact) mass is 420 g/mol. The van der Waals surface area contributed by atoms with Gasteiger partial charge in [0, 0.05) is 59.3 Å². The Hall–Kier alpha value is -2.70. The molecule has 6 nitrogen and oxygen atoms in total. The summed E-state index contributed by atoms with van der Waals surface area (Å²) in [6, 6.07) is 21.6. The molecule has 4 rings (SSSR count). The molecule has 0 aromatic heterocycles. The van der Waals surface area contributed by atoms with Gasteiger partial charge < -0.3 is 9.80 Å². The van der Waals surface area contributed by atoms with E-state index in [1.54, 1.807) is 6.92 Å². The zero-order valence-electron chi connectivity index (χ0n) is 18.3. The van der Waals surface area contributed by atoms with Gasteiger partial charge in [-0.3, -0.25) is 19.4 Å². The van der Waals surface area contributed by atoms with Crippen LogP contribution in [0.4, 0.5) is 0 Å². The van der Waals surface area contributed by atoms with Crippen LogP contribution in [0.2, 0.25) is 0 Å². The van der Waals surface area contributed by atoms with E-state index in [2.05, 4.69) is 70.5 Å². The van der Waals surface area contributed by atoms with Crippen LogP contribution in [0.25, 0.3) is 0 Å². The first-order chi connectivity index (χ1) is 15.1. The van der Waals surface area contributed by atoms with Gasteiger partial charge in [0.05, 0.1) is 12.6 Å². The van der Waals surface area contributed by atoms with Crippen molar-refractivity contribution in [2.24, 2.45) is 0 Å². The zero-order valence-corrected chi connectivity index (χ0v) is 18.3. The number of piperazine rings is 2. The SMILES string of the molecule is CC(=O)N1CCN(C(=O)CN2CCN(C(c3ccccc3)c3ccccc3)CC2)CC1. The van der Waals surface area contributed by atoms with Gasteiger partial charge in [0.15, 0.2) is 0 Å². The lowest BCUT2D eigenvalue weighted by atomic mass is 9.96. The van der Waals surface area contributed by atoms with E-state index in [4.69, 9.17) is 0 Å². The van der Waals surface area contributed by atoms with Crippen LogP contribution in [0.15, 0.2) is 60.7 Å². The molecular formula is C25H32N4O2. The lowest BCUT2D eigenvalue weighted by Gasteiger charge is -2.40. The molecule has 0 N–H and O–H groups in total. The van der Waals surface area contributed by atoms with E-state index in [-0.39, 0.29) is 17.9 Å². The summed E-state index contributed by atoms with van der Waals surface area (Å²) < 4.78 is 0. The first-order valence-electron chi connectivity index (χ1n) is 11.2. The molecule has 2 aliphatic rings. The fourth-order valence-corrected chi connectivity index (χ4v) is 4.63. The Morgan fingerprint density at radius 1 is 0.710 bits per heavy atom. The van der Waals surface area contributed by atoms with E-state index in [0.717, 1.165) is 26.2 Å². The van der Waals surface area contributed by atoms with Gasteiger partial charge in [-0.15, -0.1) is 0 Å². The number of nitrogens with zero attached hydrogens (tertiary/aromatic N) is 4. The van der Waals surface area contributed by atoms with Gasteiger partial charge in [0.2, 0.25) is 11.8 Å². The summed E-state index contributed by atoms with van der Waals surface area (Å²) >= 11 is 0. The molecule has 2 aromatic rings. The molecule has 0 saturated carbocycles. The highest BCUT2D eigenvalue weighted by atomic mass is 16.2. The van der Waals surface area contributed by atoms with Crippen molar-refractivity contribution in [3.05, 3.63) is 71.8 Å². The smallest absolute Gasteiger partial charge is 0.236 e. The van der Waals surface area contributed by atoms with Crippen molar-refractivity contribution >= 4 is 11.8 Å². The minimum absolute atomic E-state index is 0.0922. The fraction of sp³-hybridized carbons (Fsp3) is 0.440. The van der Waals surface area contributed by atoms with Crippen LogP contribution >= 0.6 is 0 Å². The predicted octanol–water partition coefficient (Wildman–Crippen LogP) is 2.08. The van der Waals surface area contributed by atoms with E-state index < -0.39 is 0 Å². The van der Waals surface area contributed by atoms with Crippen LogP contribution in [-0.4, -0.2) is 90.3 Å². The summed E-state index contributed by atoms with van der Waals surface area (Å²) in [6.07, 6.45) is 0. The van der Waals surface area contributed by atoms with Gasteiger partial charge in [-0.25, -0.2) is 0 Å². The van der Waals surface area contributed by atoms with E-state index >= 15 is 0 Å². The van der Waals surface area contributed by atoms with Crippen LogP contribution in [0.5, 0.6) is 0 Å². The topological polar surface area (TPSA) is 47.1 Å². The molecule has 164 valence electrons. The molecule has 0 atom stereocenters. The molecule has 2 aromatic carbocycles. The molecule has 2 heterocycles. The van der Waals surface area contributed by atoms with Gasteiger partial charge in [-0.2, -0.15) is 0 Å². The fourth-order valence-electron chi connectivity index (χ4n) is 4.63. The highest BCUT2D eigenvalue weighted by Crippen LogP contribution is 2.29. The molecule has 6 heteroatoms. The molecule has 0 unspecified atom stereocenters. The second-order valence-electron chi connectivity index (χ2n) is 8.42. The lowest BCUT2D eigenvalue weighted by molar-refractivity contribution is -0.139.